The van der Waals surface area contributed by atoms with Crippen LogP contribution in [-0.2, 0) is 52.2 Å². The first kappa shape index (κ1) is 65.0. The van der Waals surface area contributed by atoms with E-state index >= 15 is 4.79 Å². The third-order valence-corrected chi connectivity index (χ3v) is 22.5. The number of fused-ring (bicyclic) bond motifs is 7. The van der Waals surface area contributed by atoms with Crippen molar-refractivity contribution < 1.29 is 129 Å². The maximum Gasteiger partial charge on any atom is 0.315 e. The molecule has 84 heavy (non-hydrogen) atoms. The Balaban J connectivity index is 0.830. The first-order valence-corrected chi connectivity index (χ1v) is 30.0. The highest BCUT2D eigenvalue weighted by Crippen LogP contribution is 2.75. The summed E-state index contributed by atoms with van der Waals surface area (Å²) in [4.78, 5) is 15.0. The molecule has 10 aliphatic rings. The van der Waals surface area contributed by atoms with Gasteiger partial charge in [-0.3, -0.25) is 4.79 Å². The summed E-state index contributed by atoms with van der Waals surface area (Å²) in [6.45, 7) is 15.0. The molecule has 26 heteroatoms. The number of hydrogen-bond donors (Lipinski definition) is 15. The third-order valence-electron chi connectivity index (χ3n) is 22.5. The minimum absolute atomic E-state index is 0.111. The van der Waals surface area contributed by atoms with Crippen LogP contribution in [0.15, 0.2) is 23.8 Å². The van der Waals surface area contributed by atoms with Crippen LogP contribution in [0, 0.1) is 44.8 Å². The van der Waals surface area contributed by atoms with Gasteiger partial charge < -0.3 is 124 Å². The standard InChI is InChI=1S/C58H92O26/c1-23-10-15-58(53(74)84-50-44(72)41(69)38(66)30(80-50)22-76-48-42(70)39(67)36(64)28(19-59)78-48)17-16-56(6)25(26(58)18-23)8-9-32-55(5)13-12-33(54(3,4)31(55)11-14-57(32,56)7)81-52-47(35(63)27(61)21-75-52)83-51-45(73)46(34(62)24(2)77-51)82-49-43(71)40(68)37(65)29(20-60)79-49/h8,24,26-52,59-73H,1,9-22H2,2-7H3/t24-,26-,27-,28-,29-,30-,31-,32+,33-,34-,35+,36-,37-,38-,39+,40+,41+,42-,43-,44-,45-,46+,47-,48-,49+,50+,51+,52+,55-,56+,57-,58-/m0/s1. The minimum Gasteiger partial charge on any atom is -0.432 e. The molecule has 0 unspecified atom stereocenters. The molecule has 0 aromatic rings. The Morgan fingerprint density at radius 2 is 1.18 bits per heavy atom. The topological polar surface area (TPSA) is 413 Å². The van der Waals surface area contributed by atoms with Crippen LogP contribution in [-0.4, -0.2) is 263 Å². The lowest BCUT2D eigenvalue weighted by Gasteiger charge is -2.71. The van der Waals surface area contributed by atoms with Crippen molar-refractivity contribution in [2.45, 2.75) is 259 Å². The van der Waals surface area contributed by atoms with Gasteiger partial charge in [0, 0.05) is 5.92 Å². The second-order valence-corrected chi connectivity index (χ2v) is 27.2. The van der Waals surface area contributed by atoms with Crippen LogP contribution in [0.4, 0.5) is 0 Å². The van der Waals surface area contributed by atoms with Gasteiger partial charge in [-0.25, -0.2) is 0 Å². The Kier molecular flexibility index (Phi) is 18.8. The summed E-state index contributed by atoms with van der Waals surface area (Å²) < 4.78 is 59.5. The van der Waals surface area contributed by atoms with Crippen molar-refractivity contribution in [1.82, 2.24) is 0 Å². The van der Waals surface area contributed by atoms with E-state index in [0.29, 0.717) is 38.5 Å². The molecule has 5 aliphatic carbocycles. The molecular weight excluding hydrogens is 1110 g/mol. The van der Waals surface area contributed by atoms with Crippen molar-refractivity contribution in [2.75, 3.05) is 26.4 Å². The van der Waals surface area contributed by atoms with Crippen molar-refractivity contribution in [3.8, 4) is 0 Å². The number of hydrogen-bond acceptors (Lipinski definition) is 26. The number of carbonyl (C=O) groups is 1. The van der Waals surface area contributed by atoms with E-state index in [9.17, 15) is 76.6 Å². The van der Waals surface area contributed by atoms with E-state index in [4.69, 9.17) is 47.4 Å². The van der Waals surface area contributed by atoms with Crippen LogP contribution in [0.25, 0.3) is 0 Å². The number of rotatable bonds is 13. The lowest BCUT2D eigenvalue weighted by atomic mass is 9.34. The van der Waals surface area contributed by atoms with Gasteiger partial charge in [0.1, 0.15) is 110 Å². The number of aliphatic hydroxyl groups is 15. The summed E-state index contributed by atoms with van der Waals surface area (Å²) in [6.07, 6.45) is -30.3. The van der Waals surface area contributed by atoms with Gasteiger partial charge in [-0.15, -0.1) is 0 Å². The molecule has 480 valence electrons. The average Bonchev–Trinajstić information content (AvgIpc) is 0.762. The zero-order valence-corrected chi connectivity index (χ0v) is 48.5. The Hall–Kier alpha value is -2.01. The van der Waals surface area contributed by atoms with Gasteiger partial charge in [-0.05, 0) is 105 Å². The van der Waals surface area contributed by atoms with E-state index in [-0.39, 0.29) is 40.6 Å². The quantitative estimate of drug-likeness (QED) is 0.0496. The molecule has 0 aromatic carbocycles. The molecule has 10 rings (SSSR count). The minimum atomic E-state index is -1.86. The third kappa shape index (κ3) is 10.8. The van der Waals surface area contributed by atoms with Crippen LogP contribution < -0.4 is 0 Å². The summed E-state index contributed by atoms with van der Waals surface area (Å²) in [5.41, 5.74) is -0.259. The number of carbonyl (C=O) groups excluding carboxylic acids is 1. The van der Waals surface area contributed by atoms with Gasteiger partial charge in [0.25, 0.3) is 0 Å². The highest BCUT2D eigenvalue weighted by Gasteiger charge is 2.70. The SMILES string of the molecule is C=C1CC[C@]2(C(=O)O[C@H]3O[C@@H](CO[C@H]4O[C@@H](CO)[C@H](O)[C@@H](O)[C@@H]4O)[C@H](O)[C@@H](O)[C@@H]3O)CC[C@]3(C)C(=CC[C@@H]4[C@@]5(C)CC[C@H](O[C@H]6OC[C@H](O)[C@@H](O)[C@@H]6O[C@H]6O[C@@H](C)[C@H](O)[C@@H](O[C@H]7O[C@@H](CO)[C@H](O)[C@@H](O)[C@@H]7O)[C@@H]6O)C(C)(C)[C@@H]5CC[C@@]43C)[C@@H]2C1. The Morgan fingerprint density at radius 3 is 1.83 bits per heavy atom. The average molecular weight is 1210 g/mol. The number of allylic oxidation sites excluding steroid dienone is 3. The maximum absolute atomic E-state index is 15.0. The van der Waals surface area contributed by atoms with Crippen LogP contribution in [0.3, 0.4) is 0 Å². The summed E-state index contributed by atoms with van der Waals surface area (Å²) in [7, 11) is 0. The molecule has 0 aromatic heterocycles. The molecule has 4 saturated carbocycles. The fourth-order valence-electron chi connectivity index (χ4n) is 17.1. The normalized spacial score (nSPS) is 54.0. The maximum atomic E-state index is 15.0. The second-order valence-electron chi connectivity index (χ2n) is 27.2. The Labute approximate surface area is 487 Å². The first-order valence-electron chi connectivity index (χ1n) is 30.0. The highest BCUT2D eigenvalue weighted by molar-refractivity contribution is 5.79. The molecule has 0 spiro atoms. The van der Waals surface area contributed by atoms with E-state index in [1.807, 2.05) is 0 Å². The van der Waals surface area contributed by atoms with E-state index in [2.05, 4.69) is 47.3 Å². The van der Waals surface area contributed by atoms with Crippen molar-refractivity contribution in [2.24, 2.45) is 44.8 Å². The van der Waals surface area contributed by atoms with E-state index in [1.165, 1.54) is 12.5 Å². The van der Waals surface area contributed by atoms with Crippen molar-refractivity contribution in [3.05, 3.63) is 23.8 Å². The number of aliphatic hydroxyl groups excluding tert-OH is 15. The molecule has 5 aliphatic heterocycles. The van der Waals surface area contributed by atoms with Crippen LogP contribution >= 0.6 is 0 Å². The summed E-state index contributed by atoms with van der Waals surface area (Å²) in [6, 6.07) is 0. The zero-order chi connectivity index (χ0) is 61.1. The molecule has 9 fully saturated rings. The second kappa shape index (κ2) is 24.3. The highest BCUT2D eigenvalue weighted by atomic mass is 16.8. The van der Waals surface area contributed by atoms with Gasteiger partial charge in [0.15, 0.2) is 25.2 Å². The van der Waals surface area contributed by atoms with E-state index < -0.39 is 190 Å². The molecule has 0 bridgehead atoms. The summed E-state index contributed by atoms with van der Waals surface area (Å²) in [5, 5.41) is 160. The molecule has 5 heterocycles. The zero-order valence-electron chi connectivity index (χ0n) is 48.5. The van der Waals surface area contributed by atoms with Gasteiger partial charge in [-0.1, -0.05) is 58.4 Å². The first-order chi connectivity index (χ1) is 39.5. The monoisotopic (exact) mass is 1200 g/mol. The molecule has 32 atom stereocenters. The predicted octanol–water partition coefficient (Wildman–Crippen LogP) is -3.01. The van der Waals surface area contributed by atoms with Gasteiger partial charge >= 0.3 is 5.97 Å². The molecular formula is C58H92O26. The van der Waals surface area contributed by atoms with E-state index in [0.717, 1.165) is 31.3 Å². The molecule has 5 saturated heterocycles. The van der Waals surface area contributed by atoms with Crippen LogP contribution in [0.1, 0.15) is 106 Å². The van der Waals surface area contributed by atoms with Gasteiger partial charge in [0.05, 0.1) is 44.1 Å². The van der Waals surface area contributed by atoms with E-state index in [1.54, 1.807) is 0 Å². The van der Waals surface area contributed by atoms with Crippen molar-refractivity contribution >= 4 is 5.97 Å². The fraction of sp³-hybridized carbons (Fsp3) is 0.914. The van der Waals surface area contributed by atoms with Gasteiger partial charge in [-0.2, -0.15) is 0 Å². The number of esters is 1. The molecule has 0 radical (unpaired) electrons. The number of ether oxygens (including phenoxy) is 10. The predicted molar refractivity (Wildman–Crippen MR) is 283 cm³/mol. The van der Waals surface area contributed by atoms with Gasteiger partial charge in [0.2, 0.25) is 6.29 Å². The molecule has 15 N–H and O–H groups in total. The fourth-order valence-corrected chi connectivity index (χ4v) is 17.1. The smallest absolute Gasteiger partial charge is 0.315 e. The lowest BCUT2D eigenvalue weighted by Crippen LogP contribution is -2.66. The van der Waals surface area contributed by atoms with Crippen LogP contribution in [0.5, 0.6) is 0 Å². The largest absolute Gasteiger partial charge is 0.432 e. The summed E-state index contributed by atoms with van der Waals surface area (Å²) in [5.74, 6) is -0.641. The van der Waals surface area contributed by atoms with Crippen molar-refractivity contribution in [1.29, 1.82) is 0 Å². The Bertz CT molecular complexity index is 2360. The van der Waals surface area contributed by atoms with Crippen LogP contribution in [0.2, 0.25) is 0 Å². The lowest BCUT2D eigenvalue weighted by molar-refractivity contribution is -0.382. The molecule has 0 amide bonds. The Morgan fingerprint density at radius 1 is 0.595 bits per heavy atom. The summed E-state index contributed by atoms with van der Waals surface area (Å²) >= 11 is 0. The molecule has 26 nitrogen and oxygen atoms in total. The van der Waals surface area contributed by atoms with Crippen molar-refractivity contribution in [3.63, 3.8) is 0 Å².